The van der Waals surface area contributed by atoms with Crippen LogP contribution in [-0.2, 0) is 0 Å². The molecule has 0 spiro atoms. The van der Waals surface area contributed by atoms with E-state index in [1.165, 1.54) is 25.7 Å². The Morgan fingerprint density at radius 2 is 2.00 bits per heavy atom. The van der Waals surface area contributed by atoms with Crippen molar-refractivity contribution in [2.75, 3.05) is 0 Å². The van der Waals surface area contributed by atoms with Crippen molar-refractivity contribution in [2.24, 2.45) is 11.8 Å². The number of hydrogen-bond donors (Lipinski definition) is 1. The summed E-state index contributed by atoms with van der Waals surface area (Å²) in [5.74, 6) is 1.57. The molecule has 88 valence electrons. The minimum atomic E-state index is -0.267. The standard InChI is InChI=1S/C15H22O/c1-12-6-5-7-13(10-12)11-15(16)14-8-3-2-4-9-14/h2-4,8-9,12-13,15-16H,5-7,10-11H2,1H3. The highest BCUT2D eigenvalue weighted by Gasteiger charge is 2.21. The molecule has 1 nitrogen and oxygen atoms in total. The van der Waals surface area contributed by atoms with Crippen LogP contribution in [0.4, 0.5) is 0 Å². The predicted octanol–water partition coefficient (Wildman–Crippen LogP) is 3.94. The smallest absolute Gasteiger partial charge is 0.0792 e. The lowest BCUT2D eigenvalue weighted by molar-refractivity contribution is 0.122. The van der Waals surface area contributed by atoms with E-state index in [1.54, 1.807) is 0 Å². The Morgan fingerprint density at radius 1 is 1.25 bits per heavy atom. The Morgan fingerprint density at radius 3 is 2.69 bits per heavy atom. The molecule has 0 bridgehead atoms. The van der Waals surface area contributed by atoms with Gasteiger partial charge in [0.05, 0.1) is 6.10 Å². The van der Waals surface area contributed by atoms with Gasteiger partial charge in [-0.05, 0) is 30.2 Å². The summed E-state index contributed by atoms with van der Waals surface area (Å²) in [6.07, 6.45) is 5.98. The second-order valence-electron chi connectivity index (χ2n) is 5.30. The van der Waals surface area contributed by atoms with Gasteiger partial charge in [0, 0.05) is 0 Å². The van der Waals surface area contributed by atoms with Gasteiger partial charge in [-0.15, -0.1) is 0 Å². The molecule has 0 aliphatic heterocycles. The maximum absolute atomic E-state index is 10.2. The van der Waals surface area contributed by atoms with Gasteiger partial charge in [0.25, 0.3) is 0 Å². The minimum absolute atomic E-state index is 0.267. The number of aliphatic hydroxyl groups is 1. The summed E-state index contributed by atoms with van der Waals surface area (Å²) in [5.41, 5.74) is 1.07. The van der Waals surface area contributed by atoms with E-state index in [-0.39, 0.29) is 6.10 Å². The molecule has 0 saturated heterocycles. The monoisotopic (exact) mass is 218 g/mol. The summed E-state index contributed by atoms with van der Waals surface area (Å²) in [7, 11) is 0. The molecule has 1 fully saturated rings. The van der Waals surface area contributed by atoms with Crippen molar-refractivity contribution in [3.63, 3.8) is 0 Å². The van der Waals surface area contributed by atoms with Crippen molar-refractivity contribution in [1.29, 1.82) is 0 Å². The fraction of sp³-hybridized carbons (Fsp3) is 0.600. The summed E-state index contributed by atoms with van der Waals surface area (Å²) in [4.78, 5) is 0. The number of hydrogen-bond acceptors (Lipinski definition) is 1. The molecule has 0 radical (unpaired) electrons. The maximum Gasteiger partial charge on any atom is 0.0792 e. The van der Waals surface area contributed by atoms with Gasteiger partial charge in [0.15, 0.2) is 0 Å². The molecule has 1 heteroatoms. The summed E-state index contributed by atoms with van der Waals surface area (Å²) in [5, 5.41) is 10.2. The molecule has 1 aromatic carbocycles. The molecule has 3 atom stereocenters. The summed E-state index contributed by atoms with van der Waals surface area (Å²) in [6.45, 7) is 2.33. The topological polar surface area (TPSA) is 20.2 Å². The third-order valence-electron chi connectivity index (χ3n) is 3.79. The normalized spacial score (nSPS) is 27.6. The third-order valence-corrected chi connectivity index (χ3v) is 3.79. The van der Waals surface area contributed by atoms with E-state index in [2.05, 4.69) is 6.92 Å². The zero-order valence-electron chi connectivity index (χ0n) is 10.1. The van der Waals surface area contributed by atoms with Crippen LogP contribution in [0.3, 0.4) is 0 Å². The molecular weight excluding hydrogens is 196 g/mol. The average Bonchev–Trinajstić information content (AvgIpc) is 2.30. The van der Waals surface area contributed by atoms with E-state index in [0.29, 0.717) is 0 Å². The highest BCUT2D eigenvalue weighted by Crippen LogP contribution is 2.34. The van der Waals surface area contributed by atoms with Crippen molar-refractivity contribution in [3.8, 4) is 0 Å². The van der Waals surface area contributed by atoms with Gasteiger partial charge in [-0.3, -0.25) is 0 Å². The fourth-order valence-electron chi connectivity index (χ4n) is 2.90. The average molecular weight is 218 g/mol. The molecule has 2 rings (SSSR count). The zero-order valence-corrected chi connectivity index (χ0v) is 10.1. The SMILES string of the molecule is CC1CCCC(CC(O)c2ccccc2)C1. The Hall–Kier alpha value is -0.820. The maximum atomic E-state index is 10.2. The molecule has 1 N–H and O–H groups in total. The van der Waals surface area contributed by atoms with E-state index < -0.39 is 0 Å². The lowest BCUT2D eigenvalue weighted by Crippen LogP contribution is -2.16. The van der Waals surface area contributed by atoms with Gasteiger partial charge in [0.1, 0.15) is 0 Å². The molecule has 0 heterocycles. The van der Waals surface area contributed by atoms with Crippen molar-refractivity contribution < 1.29 is 5.11 Å². The van der Waals surface area contributed by atoms with Gasteiger partial charge in [-0.2, -0.15) is 0 Å². The quantitative estimate of drug-likeness (QED) is 0.814. The van der Waals surface area contributed by atoms with Crippen LogP contribution in [-0.4, -0.2) is 5.11 Å². The van der Waals surface area contributed by atoms with Crippen LogP contribution in [0.5, 0.6) is 0 Å². The molecule has 1 aliphatic rings. The van der Waals surface area contributed by atoms with Crippen LogP contribution in [0, 0.1) is 11.8 Å². The van der Waals surface area contributed by atoms with Crippen LogP contribution in [0.15, 0.2) is 30.3 Å². The zero-order chi connectivity index (χ0) is 11.4. The Kier molecular flexibility index (Phi) is 4.00. The van der Waals surface area contributed by atoms with Crippen LogP contribution >= 0.6 is 0 Å². The summed E-state index contributed by atoms with van der Waals surface area (Å²) >= 11 is 0. The molecule has 1 aromatic rings. The van der Waals surface area contributed by atoms with Gasteiger partial charge < -0.3 is 5.11 Å². The second kappa shape index (κ2) is 5.49. The number of aliphatic hydroxyl groups excluding tert-OH is 1. The minimum Gasteiger partial charge on any atom is -0.388 e. The molecule has 3 unspecified atom stereocenters. The van der Waals surface area contributed by atoms with Crippen LogP contribution in [0.25, 0.3) is 0 Å². The van der Waals surface area contributed by atoms with Gasteiger partial charge in [-0.1, -0.05) is 56.5 Å². The largest absolute Gasteiger partial charge is 0.388 e. The molecular formula is C15H22O. The van der Waals surface area contributed by atoms with Gasteiger partial charge in [-0.25, -0.2) is 0 Å². The highest BCUT2D eigenvalue weighted by molar-refractivity contribution is 5.17. The lowest BCUT2D eigenvalue weighted by atomic mass is 9.79. The van der Waals surface area contributed by atoms with Crippen molar-refractivity contribution in [1.82, 2.24) is 0 Å². The first-order valence-corrected chi connectivity index (χ1v) is 6.48. The first kappa shape index (κ1) is 11.7. The summed E-state index contributed by atoms with van der Waals surface area (Å²) in [6, 6.07) is 10.1. The first-order chi connectivity index (χ1) is 7.75. The van der Waals surface area contributed by atoms with Crippen molar-refractivity contribution >= 4 is 0 Å². The third kappa shape index (κ3) is 3.08. The number of benzene rings is 1. The van der Waals surface area contributed by atoms with Crippen LogP contribution in [0.2, 0.25) is 0 Å². The first-order valence-electron chi connectivity index (χ1n) is 6.48. The van der Waals surface area contributed by atoms with Gasteiger partial charge in [0.2, 0.25) is 0 Å². The second-order valence-corrected chi connectivity index (χ2v) is 5.30. The molecule has 1 saturated carbocycles. The van der Waals surface area contributed by atoms with Crippen LogP contribution < -0.4 is 0 Å². The van der Waals surface area contributed by atoms with Gasteiger partial charge >= 0.3 is 0 Å². The molecule has 1 aliphatic carbocycles. The van der Waals surface area contributed by atoms with E-state index >= 15 is 0 Å². The fourth-order valence-corrected chi connectivity index (χ4v) is 2.90. The van der Waals surface area contributed by atoms with Crippen molar-refractivity contribution in [2.45, 2.75) is 45.1 Å². The van der Waals surface area contributed by atoms with Crippen LogP contribution in [0.1, 0.15) is 50.7 Å². The van der Waals surface area contributed by atoms with E-state index in [0.717, 1.165) is 23.8 Å². The van der Waals surface area contributed by atoms with E-state index in [1.807, 2.05) is 30.3 Å². The lowest BCUT2D eigenvalue weighted by Gasteiger charge is -2.28. The van der Waals surface area contributed by atoms with Crippen molar-refractivity contribution in [3.05, 3.63) is 35.9 Å². The summed E-state index contributed by atoms with van der Waals surface area (Å²) < 4.78 is 0. The molecule has 0 aromatic heterocycles. The Balaban J connectivity index is 1.89. The predicted molar refractivity (Wildman–Crippen MR) is 67.1 cm³/mol. The molecule has 0 amide bonds. The van der Waals surface area contributed by atoms with E-state index in [9.17, 15) is 5.11 Å². The van der Waals surface area contributed by atoms with E-state index in [4.69, 9.17) is 0 Å². The highest BCUT2D eigenvalue weighted by atomic mass is 16.3. The number of rotatable bonds is 3. The molecule has 16 heavy (non-hydrogen) atoms. The Labute approximate surface area is 98.5 Å². The Bertz CT molecular complexity index is 306.